The van der Waals surface area contributed by atoms with Crippen molar-refractivity contribution in [2.45, 2.75) is 70.7 Å². The Balaban J connectivity index is 1.69. The zero-order chi connectivity index (χ0) is 19.1. The van der Waals surface area contributed by atoms with Gasteiger partial charge in [-0.3, -0.25) is 4.90 Å². The lowest BCUT2D eigenvalue weighted by atomic mass is 9.87. The smallest absolute Gasteiger partial charge is 0.411 e. The Bertz CT molecular complexity index is 695. The number of rotatable bonds is 3. The largest absolute Gasteiger partial charge is 0.444 e. The molecule has 0 aliphatic carbocycles. The van der Waals surface area contributed by atoms with Crippen molar-refractivity contribution in [2.75, 3.05) is 6.54 Å². The number of hydrogen-bond acceptors (Lipinski definition) is 4. The van der Waals surface area contributed by atoms with Crippen molar-refractivity contribution in [1.82, 2.24) is 10.2 Å². The summed E-state index contributed by atoms with van der Waals surface area (Å²) in [5, 5.41) is 2.84. The van der Waals surface area contributed by atoms with Crippen LogP contribution < -0.4 is 5.32 Å². The van der Waals surface area contributed by atoms with Crippen molar-refractivity contribution in [3.8, 4) is 0 Å². The van der Waals surface area contributed by atoms with Gasteiger partial charge in [-0.25, -0.2) is 9.59 Å². The van der Waals surface area contributed by atoms with Gasteiger partial charge in [0, 0.05) is 6.54 Å². The summed E-state index contributed by atoms with van der Waals surface area (Å²) in [5.41, 5.74) is 1.16. The van der Waals surface area contributed by atoms with Crippen LogP contribution in [0.25, 0.3) is 0 Å². The molecule has 142 valence electrons. The Morgan fingerprint density at radius 2 is 2.00 bits per heavy atom. The third kappa shape index (κ3) is 3.50. The molecule has 0 spiro atoms. The van der Waals surface area contributed by atoms with Crippen LogP contribution in [0.15, 0.2) is 24.3 Å². The Labute approximate surface area is 154 Å². The summed E-state index contributed by atoms with van der Waals surface area (Å²) in [6.45, 7) is 10.3. The Hall–Kier alpha value is -2.24. The fourth-order valence-electron chi connectivity index (χ4n) is 3.80. The third-order valence-corrected chi connectivity index (χ3v) is 5.16. The van der Waals surface area contributed by atoms with Gasteiger partial charge in [-0.05, 0) is 58.6 Å². The van der Waals surface area contributed by atoms with E-state index in [-0.39, 0.29) is 23.8 Å². The fourth-order valence-corrected chi connectivity index (χ4v) is 3.80. The first-order valence-corrected chi connectivity index (χ1v) is 9.18. The minimum atomic E-state index is -0.525. The molecule has 26 heavy (non-hydrogen) atoms. The second-order valence-corrected chi connectivity index (χ2v) is 8.41. The van der Waals surface area contributed by atoms with Crippen LogP contribution in [0.4, 0.5) is 9.59 Å². The molecule has 1 aromatic rings. The van der Waals surface area contributed by atoms with Gasteiger partial charge >= 0.3 is 12.2 Å². The summed E-state index contributed by atoms with van der Waals surface area (Å²) in [4.78, 5) is 25.9. The average molecular weight is 360 g/mol. The predicted octanol–water partition coefficient (Wildman–Crippen LogP) is 4.32. The highest BCUT2D eigenvalue weighted by molar-refractivity contribution is 5.73. The highest BCUT2D eigenvalue weighted by Gasteiger charge is 2.54. The molecule has 2 heterocycles. The highest BCUT2D eigenvalue weighted by Crippen LogP contribution is 2.47. The van der Waals surface area contributed by atoms with E-state index in [0.717, 1.165) is 30.5 Å². The van der Waals surface area contributed by atoms with Crippen LogP contribution in [0.5, 0.6) is 0 Å². The van der Waals surface area contributed by atoms with Gasteiger partial charge in [-0.1, -0.05) is 24.3 Å². The molecule has 6 nitrogen and oxygen atoms in total. The van der Waals surface area contributed by atoms with Gasteiger partial charge in [0.25, 0.3) is 0 Å². The molecule has 1 N–H and O–H groups in total. The first kappa shape index (κ1) is 18.5. The molecule has 2 aliphatic heterocycles. The average Bonchev–Trinajstić information content (AvgIpc) is 3.03. The van der Waals surface area contributed by atoms with E-state index >= 15 is 0 Å². The van der Waals surface area contributed by atoms with E-state index in [1.807, 2.05) is 56.9 Å². The van der Waals surface area contributed by atoms with E-state index in [2.05, 4.69) is 12.2 Å². The number of alkyl carbamates (subject to hydrolysis) is 1. The van der Waals surface area contributed by atoms with Gasteiger partial charge in [-0.2, -0.15) is 0 Å². The number of nitrogens with one attached hydrogen (secondary N) is 1. The molecular formula is C20H28N2O4. The maximum Gasteiger partial charge on any atom is 0.411 e. The van der Waals surface area contributed by atoms with Crippen LogP contribution in [-0.4, -0.2) is 34.8 Å². The summed E-state index contributed by atoms with van der Waals surface area (Å²) in [6.07, 6.45) is 1.05. The second-order valence-electron chi connectivity index (χ2n) is 8.41. The van der Waals surface area contributed by atoms with Crippen molar-refractivity contribution in [2.24, 2.45) is 0 Å². The van der Waals surface area contributed by atoms with Crippen molar-refractivity contribution in [3.05, 3.63) is 35.4 Å². The molecule has 2 aliphatic rings. The van der Waals surface area contributed by atoms with Gasteiger partial charge in [0.2, 0.25) is 0 Å². The van der Waals surface area contributed by atoms with E-state index in [1.54, 1.807) is 0 Å². The van der Waals surface area contributed by atoms with Crippen LogP contribution in [0.3, 0.4) is 0 Å². The van der Waals surface area contributed by atoms with Crippen molar-refractivity contribution < 1.29 is 19.1 Å². The molecule has 2 saturated heterocycles. The van der Waals surface area contributed by atoms with Gasteiger partial charge in [0.15, 0.2) is 6.10 Å². The normalized spacial score (nSPS) is 26.3. The number of carbonyl (C=O) groups excluding carboxylic acids is 2. The standard InChI is InChI=1S/C20H28N2O4/c1-13(21-17(23)26-19(2,3)4)14-7-9-15(10-8-14)16-20(5)11-6-12-22(20)18(24)25-16/h7-10,13,16H,6,11-12H2,1-5H3,(H,21,23)/t13-,16-,20+/m0/s1. The molecule has 0 aromatic heterocycles. The topological polar surface area (TPSA) is 67.9 Å². The van der Waals surface area contributed by atoms with Crippen LogP contribution in [-0.2, 0) is 9.47 Å². The number of carbonyl (C=O) groups is 2. The maximum atomic E-state index is 12.1. The second kappa shape index (κ2) is 6.49. The molecule has 2 amide bonds. The monoisotopic (exact) mass is 360 g/mol. The molecule has 3 atom stereocenters. The molecule has 2 fully saturated rings. The van der Waals surface area contributed by atoms with E-state index < -0.39 is 11.7 Å². The number of hydrogen-bond donors (Lipinski definition) is 1. The van der Waals surface area contributed by atoms with Gasteiger partial charge < -0.3 is 14.8 Å². The van der Waals surface area contributed by atoms with Crippen LogP contribution >= 0.6 is 0 Å². The number of ether oxygens (including phenoxy) is 2. The van der Waals surface area contributed by atoms with Crippen molar-refractivity contribution in [3.63, 3.8) is 0 Å². The summed E-state index contributed by atoms with van der Waals surface area (Å²) in [6, 6.07) is 7.71. The SMILES string of the molecule is C[C@H](NC(=O)OC(C)(C)C)c1ccc([C@@H]2OC(=O)N3CCC[C@]23C)cc1. The Kier molecular flexibility index (Phi) is 4.63. The Morgan fingerprint density at radius 3 is 2.62 bits per heavy atom. The molecule has 0 radical (unpaired) electrons. The molecular weight excluding hydrogens is 332 g/mol. The fraction of sp³-hybridized carbons (Fsp3) is 0.600. The molecule has 0 saturated carbocycles. The summed E-state index contributed by atoms with van der Waals surface area (Å²) < 4.78 is 10.9. The minimum Gasteiger partial charge on any atom is -0.444 e. The van der Waals surface area contributed by atoms with Crippen molar-refractivity contribution >= 4 is 12.2 Å². The quantitative estimate of drug-likeness (QED) is 0.872. The van der Waals surface area contributed by atoms with E-state index in [0.29, 0.717) is 0 Å². The van der Waals surface area contributed by atoms with Gasteiger partial charge in [-0.15, -0.1) is 0 Å². The lowest BCUT2D eigenvalue weighted by Gasteiger charge is -2.29. The summed E-state index contributed by atoms with van der Waals surface area (Å²) in [5.74, 6) is 0. The minimum absolute atomic E-state index is 0.177. The zero-order valence-electron chi connectivity index (χ0n) is 16.2. The molecule has 1 aromatic carbocycles. The van der Waals surface area contributed by atoms with Crippen molar-refractivity contribution in [1.29, 1.82) is 0 Å². The number of benzene rings is 1. The molecule has 0 bridgehead atoms. The number of cyclic esters (lactones) is 1. The summed E-state index contributed by atoms with van der Waals surface area (Å²) >= 11 is 0. The lowest BCUT2D eigenvalue weighted by Crippen LogP contribution is -2.40. The van der Waals surface area contributed by atoms with Crippen LogP contribution in [0.2, 0.25) is 0 Å². The van der Waals surface area contributed by atoms with Gasteiger partial charge in [0.1, 0.15) is 5.60 Å². The zero-order valence-corrected chi connectivity index (χ0v) is 16.2. The first-order chi connectivity index (χ1) is 12.1. The molecule has 3 rings (SSSR count). The number of nitrogens with zero attached hydrogens (tertiary/aromatic N) is 1. The third-order valence-electron chi connectivity index (χ3n) is 5.16. The van der Waals surface area contributed by atoms with E-state index in [1.165, 1.54) is 0 Å². The maximum absolute atomic E-state index is 12.1. The van der Waals surface area contributed by atoms with E-state index in [4.69, 9.17) is 9.47 Å². The number of fused-ring (bicyclic) bond motifs is 1. The summed E-state index contributed by atoms with van der Waals surface area (Å²) in [7, 11) is 0. The van der Waals surface area contributed by atoms with E-state index in [9.17, 15) is 9.59 Å². The first-order valence-electron chi connectivity index (χ1n) is 9.18. The highest BCUT2D eigenvalue weighted by atomic mass is 16.6. The number of amides is 2. The lowest BCUT2D eigenvalue weighted by molar-refractivity contribution is 0.0507. The predicted molar refractivity (Wildman–Crippen MR) is 97.8 cm³/mol. The molecule has 6 heteroatoms. The van der Waals surface area contributed by atoms with Crippen LogP contribution in [0, 0.1) is 0 Å². The van der Waals surface area contributed by atoms with Crippen LogP contribution in [0.1, 0.15) is 70.7 Å². The molecule has 0 unspecified atom stereocenters. The Morgan fingerprint density at radius 1 is 1.35 bits per heavy atom. The van der Waals surface area contributed by atoms with Gasteiger partial charge in [0.05, 0.1) is 11.6 Å².